The lowest BCUT2D eigenvalue weighted by Crippen LogP contribution is -2.15. The van der Waals surface area contributed by atoms with Crippen LogP contribution in [0.5, 0.6) is 0 Å². The van der Waals surface area contributed by atoms with Crippen molar-refractivity contribution in [3.63, 3.8) is 0 Å². The molecule has 0 spiro atoms. The van der Waals surface area contributed by atoms with Gasteiger partial charge in [-0.05, 0) is 44.8 Å². The van der Waals surface area contributed by atoms with E-state index >= 15 is 0 Å². The fraction of sp³-hybridized carbons (Fsp3) is 0.269. The maximum atomic E-state index is 13.1. The van der Waals surface area contributed by atoms with Crippen LogP contribution in [-0.2, 0) is 20.1 Å². The van der Waals surface area contributed by atoms with Crippen LogP contribution in [0.4, 0.5) is 0 Å². The molecule has 1 amide bonds. The largest absolute Gasteiger partial charge is 0.348 e. The second-order valence-electron chi connectivity index (χ2n) is 8.89. The number of nitrogens with one attached hydrogen (secondary N) is 1. The molecule has 1 aliphatic heterocycles. The lowest BCUT2D eigenvalue weighted by atomic mass is 9.97. The van der Waals surface area contributed by atoms with Crippen molar-refractivity contribution >= 4 is 49.5 Å². The molecule has 5 heteroatoms. The Balaban J connectivity index is 1.85. The van der Waals surface area contributed by atoms with Gasteiger partial charge in [0.1, 0.15) is 0 Å². The minimum Gasteiger partial charge on any atom is -0.348 e. The van der Waals surface area contributed by atoms with Gasteiger partial charge in [-0.1, -0.05) is 36.4 Å². The topological polar surface area (TPSA) is 42.2 Å². The van der Waals surface area contributed by atoms with Crippen LogP contribution in [0.25, 0.3) is 43.6 Å². The molecule has 0 radical (unpaired) electrons. The summed E-state index contributed by atoms with van der Waals surface area (Å²) >= 11 is 0. The molecule has 0 atom stereocenters. The van der Waals surface area contributed by atoms with Gasteiger partial charge in [0.2, 0.25) is 0 Å². The third-order valence-electron chi connectivity index (χ3n) is 6.80. The first-order valence-electron chi connectivity index (χ1n) is 10.9. The van der Waals surface area contributed by atoms with Crippen LogP contribution in [0, 0.1) is 0 Å². The van der Waals surface area contributed by atoms with Crippen LogP contribution in [0.2, 0.25) is 0 Å². The standard InChI is InChI=1S/C26H26N4O/c1-28(2)13-8-14-30-20-12-7-5-10-17(20)22-23-18(15-27-26(23)31)21-16-9-4-6-11-19(16)29(3)24(21)25(22)30/h4-7,9-12H,8,13-15H2,1-3H3,(H,27,31). The van der Waals surface area contributed by atoms with Crippen molar-refractivity contribution in [3.05, 3.63) is 59.7 Å². The number of benzene rings is 3. The van der Waals surface area contributed by atoms with E-state index in [0.717, 1.165) is 36.0 Å². The third kappa shape index (κ3) is 2.44. The van der Waals surface area contributed by atoms with Gasteiger partial charge in [-0.2, -0.15) is 0 Å². The molecule has 0 bridgehead atoms. The van der Waals surface area contributed by atoms with Gasteiger partial charge >= 0.3 is 0 Å². The van der Waals surface area contributed by atoms with E-state index in [4.69, 9.17) is 0 Å². The molecule has 156 valence electrons. The van der Waals surface area contributed by atoms with Gasteiger partial charge in [0.15, 0.2) is 0 Å². The first-order chi connectivity index (χ1) is 15.1. The molecule has 3 aromatic carbocycles. The van der Waals surface area contributed by atoms with Gasteiger partial charge in [0, 0.05) is 52.7 Å². The number of aromatic nitrogens is 2. The van der Waals surface area contributed by atoms with Crippen molar-refractivity contribution in [2.24, 2.45) is 7.05 Å². The number of rotatable bonds is 4. The summed E-state index contributed by atoms with van der Waals surface area (Å²) in [6.45, 7) is 2.53. The lowest BCUT2D eigenvalue weighted by molar-refractivity contribution is 0.0967. The molecule has 2 aromatic heterocycles. The molecule has 5 nitrogen and oxygen atoms in total. The molecule has 0 unspecified atom stereocenters. The SMILES string of the molecule is CN(C)CCCn1c2ccccc2c2c3c(c4c5ccccc5n(C)c4c21)CNC3=O. The average Bonchev–Trinajstić information content (AvgIpc) is 3.39. The van der Waals surface area contributed by atoms with E-state index in [1.807, 2.05) is 0 Å². The molecule has 0 saturated carbocycles. The number of nitrogens with zero attached hydrogens (tertiary/aromatic N) is 3. The van der Waals surface area contributed by atoms with E-state index in [1.54, 1.807) is 0 Å². The molecule has 1 aliphatic rings. The molecule has 0 aliphatic carbocycles. The average molecular weight is 411 g/mol. The zero-order valence-electron chi connectivity index (χ0n) is 18.2. The highest BCUT2D eigenvalue weighted by molar-refractivity contribution is 6.30. The summed E-state index contributed by atoms with van der Waals surface area (Å²) in [5.41, 5.74) is 6.83. The van der Waals surface area contributed by atoms with Crippen LogP contribution in [0.3, 0.4) is 0 Å². The molecule has 3 heterocycles. The van der Waals surface area contributed by atoms with Crippen molar-refractivity contribution in [3.8, 4) is 0 Å². The van der Waals surface area contributed by atoms with Crippen LogP contribution in [0.15, 0.2) is 48.5 Å². The quantitative estimate of drug-likeness (QED) is 0.469. The first kappa shape index (κ1) is 18.5. The maximum Gasteiger partial charge on any atom is 0.252 e. The first-order valence-corrected chi connectivity index (χ1v) is 10.9. The highest BCUT2D eigenvalue weighted by atomic mass is 16.1. The highest BCUT2D eigenvalue weighted by Gasteiger charge is 2.31. The van der Waals surface area contributed by atoms with Crippen LogP contribution in [-0.4, -0.2) is 40.6 Å². The van der Waals surface area contributed by atoms with E-state index in [9.17, 15) is 4.79 Å². The van der Waals surface area contributed by atoms with Crippen LogP contribution < -0.4 is 5.32 Å². The number of carbonyl (C=O) groups is 1. The van der Waals surface area contributed by atoms with Crippen molar-refractivity contribution in [1.29, 1.82) is 0 Å². The van der Waals surface area contributed by atoms with Gasteiger partial charge in [0.25, 0.3) is 5.91 Å². The van der Waals surface area contributed by atoms with Crippen molar-refractivity contribution in [2.45, 2.75) is 19.5 Å². The Labute approximate surface area is 180 Å². The Kier molecular flexibility index (Phi) is 3.93. The number of hydrogen-bond acceptors (Lipinski definition) is 2. The smallest absolute Gasteiger partial charge is 0.252 e. The van der Waals surface area contributed by atoms with Crippen molar-refractivity contribution in [1.82, 2.24) is 19.4 Å². The van der Waals surface area contributed by atoms with Gasteiger partial charge in [-0.25, -0.2) is 0 Å². The summed E-state index contributed by atoms with van der Waals surface area (Å²) in [6.07, 6.45) is 1.05. The van der Waals surface area contributed by atoms with Gasteiger partial charge in [-0.3, -0.25) is 4.79 Å². The van der Waals surface area contributed by atoms with E-state index < -0.39 is 0 Å². The Morgan fingerprint density at radius 3 is 2.35 bits per heavy atom. The Morgan fingerprint density at radius 2 is 1.61 bits per heavy atom. The maximum absolute atomic E-state index is 13.1. The molecule has 6 rings (SSSR count). The van der Waals surface area contributed by atoms with Crippen LogP contribution >= 0.6 is 0 Å². The van der Waals surface area contributed by atoms with Gasteiger partial charge < -0.3 is 19.4 Å². The summed E-state index contributed by atoms with van der Waals surface area (Å²) < 4.78 is 4.76. The second kappa shape index (κ2) is 6.59. The minimum atomic E-state index is 0.0472. The molecule has 0 fully saturated rings. The van der Waals surface area contributed by atoms with E-state index in [-0.39, 0.29) is 5.91 Å². The monoisotopic (exact) mass is 410 g/mol. The molecular weight excluding hydrogens is 384 g/mol. The van der Waals surface area contributed by atoms with Gasteiger partial charge in [0.05, 0.1) is 16.6 Å². The zero-order valence-corrected chi connectivity index (χ0v) is 18.2. The van der Waals surface area contributed by atoms with E-state index in [1.165, 1.54) is 38.2 Å². The molecule has 31 heavy (non-hydrogen) atoms. The lowest BCUT2D eigenvalue weighted by Gasteiger charge is -2.13. The predicted octanol–water partition coefficient (Wildman–Crippen LogP) is 4.63. The number of amides is 1. The molecule has 1 N–H and O–H groups in total. The van der Waals surface area contributed by atoms with E-state index in [2.05, 4.69) is 89.0 Å². The third-order valence-corrected chi connectivity index (χ3v) is 6.80. The fourth-order valence-corrected chi connectivity index (χ4v) is 5.52. The van der Waals surface area contributed by atoms with Gasteiger partial charge in [-0.15, -0.1) is 0 Å². The molecule has 5 aromatic rings. The van der Waals surface area contributed by atoms with Crippen LogP contribution in [0.1, 0.15) is 22.3 Å². The predicted molar refractivity (Wildman–Crippen MR) is 128 cm³/mol. The number of fused-ring (bicyclic) bond motifs is 10. The summed E-state index contributed by atoms with van der Waals surface area (Å²) in [7, 11) is 6.39. The van der Waals surface area contributed by atoms with Crippen molar-refractivity contribution < 1.29 is 4.79 Å². The summed E-state index contributed by atoms with van der Waals surface area (Å²) in [5, 5.41) is 7.82. The summed E-state index contributed by atoms with van der Waals surface area (Å²) in [5.74, 6) is 0.0472. The number of carbonyl (C=O) groups excluding carboxylic acids is 1. The molecule has 0 saturated heterocycles. The minimum absolute atomic E-state index is 0.0472. The fourth-order valence-electron chi connectivity index (χ4n) is 5.52. The van der Waals surface area contributed by atoms with E-state index in [0.29, 0.717) is 6.54 Å². The second-order valence-corrected chi connectivity index (χ2v) is 8.89. The summed E-state index contributed by atoms with van der Waals surface area (Å²) in [6, 6.07) is 17.1. The Bertz CT molecular complexity index is 1520. The normalized spacial score (nSPS) is 13.9. The summed E-state index contributed by atoms with van der Waals surface area (Å²) in [4.78, 5) is 15.3. The number of para-hydroxylation sites is 2. The zero-order chi connectivity index (χ0) is 21.3. The highest BCUT2D eigenvalue weighted by Crippen LogP contribution is 2.44. The Hall–Kier alpha value is -3.31. The Morgan fingerprint density at radius 1 is 0.935 bits per heavy atom. The van der Waals surface area contributed by atoms with Crippen molar-refractivity contribution in [2.75, 3.05) is 20.6 Å². The number of aryl methyl sites for hydroxylation is 2. The number of hydrogen-bond donors (Lipinski definition) is 1. The molecular formula is C26H26N4O.